The van der Waals surface area contributed by atoms with Gasteiger partial charge in [-0.3, -0.25) is 0 Å². The highest BCUT2D eigenvalue weighted by molar-refractivity contribution is 5.86. The minimum absolute atomic E-state index is 0.176. The van der Waals surface area contributed by atoms with Gasteiger partial charge in [-0.25, -0.2) is 4.79 Å². The maximum atomic E-state index is 10.5. The first kappa shape index (κ1) is 9.26. The van der Waals surface area contributed by atoms with Gasteiger partial charge in [-0.2, -0.15) is 0 Å². The van der Waals surface area contributed by atoms with Gasteiger partial charge in [-0.1, -0.05) is 19.9 Å². The van der Waals surface area contributed by atoms with E-state index >= 15 is 0 Å². The number of carboxylic acids is 1. The van der Waals surface area contributed by atoms with E-state index in [1.807, 2.05) is 0 Å². The Kier molecular flexibility index (Phi) is 2.52. The molecule has 1 atom stereocenters. The third kappa shape index (κ3) is 2.08. The van der Waals surface area contributed by atoms with E-state index in [4.69, 9.17) is 9.84 Å². The van der Waals surface area contributed by atoms with E-state index < -0.39 is 5.97 Å². The highest BCUT2D eigenvalue weighted by Crippen LogP contribution is 2.37. The fraction of sp³-hybridized carbons (Fsp3) is 0.667. The normalized spacial score (nSPS) is 26.8. The summed E-state index contributed by atoms with van der Waals surface area (Å²) in [6, 6.07) is 0. The molecule has 1 saturated heterocycles. The van der Waals surface area contributed by atoms with Crippen LogP contribution in [-0.2, 0) is 9.53 Å². The molecule has 1 N–H and O–H groups in total. The second kappa shape index (κ2) is 3.27. The number of carboxylic acid groups (broad SMARTS) is 1. The Morgan fingerprint density at radius 3 is 2.67 bits per heavy atom. The molecule has 0 aliphatic carbocycles. The first-order valence-electron chi connectivity index (χ1n) is 4.15. The van der Waals surface area contributed by atoms with Crippen LogP contribution in [0.3, 0.4) is 0 Å². The second-order valence-electron chi connectivity index (χ2n) is 3.31. The molecule has 3 nitrogen and oxygen atoms in total. The molecule has 0 aromatic carbocycles. The Morgan fingerprint density at radius 2 is 2.33 bits per heavy atom. The molecule has 1 rings (SSSR count). The summed E-state index contributed by atoms with van der Waals surface area (Å²) in [7, 11) is 0. The minimum atomic E-state index is -0.916. The standard InChI is InChI=1S/C9H14O3/c1-3-4-9(6-12-9)5-7(2)8(10)11/h2-6H2,1H3,(H,10,11). The minimum Gasteiger partial charge on any atom is -0.478 e. The number of ether oxygens (including phenoxy) is 1. The van der Waals surface area contributed by atoms with Crippen molar-refractivity contribution in [3.63, 3.8) is 0 Å². The molecule has 0 amide bonds. The molecule has 0 aromatic rings. The van der Waals surface area contributed by atoms with Crippen molar-refractivity contribution in [2.24, 2.45) is 0 Å². The summed E-state index contributed by atoms with van der Waals surface area (Å²) in [4.78, 5) is 10.5. The summed E-state index contributed by atoms with van der Waals surface area (Å²) in [6.45, 7) is 6.23. The van der Waals surface area contributed by atoms with E-state index in [2.05, 4.69) is 13.5 Å². The quantitative estimate of drug-likeness (QED) is 0.503. The van der Waals surface area contributed by atoms with E-state index in [9.17, 15) is 4.79 Å². The molecule has 68 valence electrons. The van der Waals surface area contributed by atoms with Crippen LogP contribution >= 0.6 is 0 Å². The van der Waals surface area contributed by atoms with Gasteiger partial charge in [0.15, 0.2) is 0 Å². The van der Waals surface area contributed by atoms with Crippen molar-refractivity contribution in [3.8, 4) is 0 Å². The topological polar surface area (TPSA) is 49.8 Å². The van der Waals surface area contributed by atoms with Crippen LogP contribution < -0.4 is 0 Å². The average Bonchev–Trinajstić information content (AvgIpc) is 2.69. The second-order valence-corrected chi connectivity index (χ2v) is 3.31. The summed E-state index contributed by atoms with van der Waals surface area (Å²) >= 11 is 0. The van der Waals surface area contributed by atoms with E-state index in [0.29, 0.717) is 13.0 Å². The van der Waals surface area contributed by atoms with Crippen molar-refractivity contribution in [1.82, 2.24) is 0 Å². The molecule has 1 aliphatic rings. The number of hydrogen-bond acceptors (Lipinski definition) is 2. The van der Waals surface area contributed by atoms with Gasteiger partial charge in [0.1, 0.15) is 0 Å². The van der Waals surface area contributed by atoms with Crippen molar-refractivity contribution in [2.45, 2.75) is 31.8 Å². The third-order valence-corrected chi connectivity index (χ3v) is 2.10. The molecule has 3 heteroatoms. The molecular weight excluding hydrogens is 156 g/mol. The molecule has 1 heterocycles. The van der Waals surface area contributed by atoms with E-state index in [1.165, 1.54) is 0 Å². The van der Waals surface area contributed by atoms with Crippen molar-refractivity contribution in [2.75, 3.05) is 6.61 Å². The van der Waals surface area contributed by atoms with Crippen LogP contribution in [0.5, 0.6) is 0 Å². The predicted octanol–water partition coefficient (Wildman–Crippen LogP) is 1.59. The van der Waals surface area contributed by atoms with Gasteiger partial charge in [-0.05, 0) is 6.42 Å². The Morgan fingerprint density at radius 1 is 1.75 bits per heavy atom. The Hall–Kier alpha value is -0.830. The first-order valence-corrected chi connectivity index (χ1v) is 4.15. The third-order valence-electron chi connectivity index (χ3n) is 2.10. The van der Waals surface area contributed by atoms with E-state index in [0.717, 1.165) is 12.8 Å². The molecule has 0 radical (unpaired) electrons. The predicted molar refractivity (Wildman–Crippen MR) is 45.0 cm³/mol. The van der Waals surface area contributed by atoms with E-state index in [1.54, 1.807) is 0 Å². The summed E-state index contributed by atoms with van der Waals surface area (Å²) in [5, 5.41) is 8.59. The van der Waals surface area contributed by atoms with Gasteiger partial charge in [0, 0.05) is 12.0 Å². The smallest absolute Gasteiger partial charge is 0.331 e. The van der Waals surface area contributed by atoms with Crippen molar-refractivity contribution >= 4 is 5.97 Å². The number of hydrogen-bond donors (Lipinski definition) is 1. The van der Waals surface area contributed by atoms with Crippen LogP contribution in [0.2, 0.25) is 0 Å². The maximum absolute atomic E-state index is 10.5. The van der Waals surface area contributed by atoms with Crippen LogP contribution in [0.15, 0.2) is 12.2 Å². The first-order chi connectivity index (χ1) is 5.59. The number of carbonyl (C=O) groups is 1. The molecule has 12 heavy (non-hydrogen) atoms. The Bertz CT molecular complexity index is 204. The molecular formula is C9H14O3. The zero-order valence-corrected chi connectivity index (χ0v) is 7.30. The molecule has 1 aliphatic heterocycles. The van der Waals surface area contributed by atoms with Gasteiger partial charge in [0.05, 0.1) is 12.2 Å². The van der Waals surface area contributed by atoms with E-state index in [-0.39, 0.29) is 11.2 Å². The SMILES string of the molecule is C=C(CC1(CCC)CO1)C(=O)O. The van der Waals surface area contributed by atoms with Crippen LogP contribution in [0.1, 0.15) is 26.2 Å². The lowest BCUT2D eigenvalue weighted by Crippen LogP contribution is -2.14. The lowest BCUT2D eigenvalue weighted by molar-refractivity contribution is -0.132. The average molecular weight is 170 g/mol. The van der Waals surface area contributed by atoms with Crippen molar-refractivity contribution in [3.05, 3.63) is 12.2 Å². The maximum Gasteiger partial charge on any atom is 0.331 e. The monoisotopic (exact) mass is 170 g/mol. The van der Waals surface area contributed by atoms with Gasteiger partial charge < -0.3 is 9.84 Å². The molecule has 0 saturated carbocycles. The molecule has 0 aromatic heterocycles. The summed E-state index contributed by atoms with van der Waals surface area (Å²) in [6.07, 6.45) is 2.42. The summed E-state index contributed by atoms with van der Waals surface area (Å²) in [5.41, 5.74) is 0.0745. The molecule has 0 spiro atoms. The van der Waals surface area contributed by atoms with Crippen LogP contribution in [-0.4, -0.2) is 23.3 Å². The molecule has 0 bridgehead atoms. The fourth-order valence-electron chi connectivity index (χ4n) is 1.36. The number of rotatable bonds is 5. The highest BCUT2D eigenvalue weighted by Gasteiger charge is 2.44. The largest absolute Gasteiger partial charge is 0.478 e. The van der Waals surface area contributed by atoms with Gasteiger partial charge >= 0.3 is 5.97 Å². The lowest BCUT2D eigenvalue weighted by atomic mass is 9.96. The van der Waals surface area contributed by atoms with Crippen LogP contribution in [0.4, 0.5) is 0 Å². The molecule has 1 unspecified atom stereocenters. The number of epoxide rings is 1. The van der Waals surface area contributed by atoms with Gasteiger partial charge in [-0.15, -0.1) is 0 Å². The van der Waals surface area contributed by atoms with Gasteiger partial charge in [0.2, 0.25) is 0 Å². The lowest BCUT2D eigenvalue weighted by Gasteiger charge is -2.09. The van der Waals surface area contributed by atoms with Crippen molar-refractivity contribution < 1.29 is 14.6 Å². The summed E-state index contributed by atoms with van der Waals surface area (Å²) < 4.78 is 5.23. The zero-order chi connectivity index (χ0) is 9.19. The van der Waals surface area contributed by atoms with Crippen LogP contribution in [0.25, 0.3) is 0 Å². The fourth-order valence-corrected chi connectivity index (χ4v) is 1.36. The summed E-state index contributed by atoms with van der Waals surface area (Å²) in [5.74, 6) is -0.916. The highest BCUT2D eigenvalue weighted by atomic mass is 16.6. The zero-order valence-electron chi connectivity index (χ0n) is 7.30. The van der Waals surface area contributed by atoms with Crippen LogP contribution in [0, 0.1) is 0 Å². The Labute approximate surface area is 72.0 Å². The molecule has 1 fully saturated rings. The number of aliphatic carboxylic acids is 1. The van der Waals surface area contributed by atoms with Crippen molar-refractivity contribution in [1.29, 1.82) is 0 Å². The Balaban J connectivity index is 2.40. The van der Waals surface area contributed by atoms with Gasteiger partial charge in [0.25, 0.3) is 0 Å².